The third-order valence-electron chi connectivity index (χ3n) is 3.33. The van der Waals surface area contributed by atoms with Crippen LogP contribution in [0.5, 0.6) is 0 Å². The zero-order chi connectivity index (χ0) is 14.5. The molecular formula is C14H17Cl2NO2S. The highest BCUT2D eigenvalue weighted by atomic mass is 35.5. The van der Waals surface area contributed by atoms with Gasteiger partial charge in [0.2, 0.25) is 5.91 Å². The lowest BCUT2D eigenvalue weighted by Gasteiger charge is -2.12. The predicted molar refractivity (Wildman–Crippen MR) is 83.5 cm³/mol. The Morgan fingerprint density at radius 2 is 2.25 bits per heavy atom. The predicted octanol–water partition coefficient (Wildman–Crippen LogP) is 3.43. The molecule has 1 aromatic heterocycles. The third-order valence-corrected chi connectivity index (χ3v) is 4.90. The first-order valence-electron chi connectivity index (χ1n) is 6.60. The number of thiophene rings is 1. The van der Waals surface area contributed by atoms with Gasteiger partial charge in [0, 0.05) is 25.0 Å². The lowest BCUT2D eigenvalue weighted by Crippen LogP contribution is -2.32. The average molecular weight is 334 g/mol. The number of aliphatic hydroxyl groups is 1. The molecule has 1 aromatic rings. The Kier molecular flexibility index (Phi) is 5.90. The lowest BCUT2D eigenvalue weighted by atomic mass is 10.1. The van der Waals surface area contributed by atoms with E-state index in [2.05, 4.69) is 5.32 Å². The first-order chi connectivity index (χ1) is 9.58. The van der Waals surface area contributed by atoms with E-state index in [4.69, 9.17) is 28.3 Å². The molecule has 0 aliphatic heterocycles. The standard InChI is InChI=1S/C14H17Cl2NO2S/c15-12-7-10(14(16)20-12)2-1-3-13(19)17-11-5-4-9(6-11)8-18/h4-5,7,9,11,18H,1-3,6,8H2,(H,17,19)/t9-,11+/m0/s1. The van der Waals surface area contributed by atoms with Gasteiger partial charge in [0.25, 0.3) is 0 Å². The van der Waals surface area contributed by atoms with Gasteiger partial charge in [0.05, 0.1) is 8.67 Å². The van der Waals surface area contributed by atoms with Gasteiger partial charge in [-0.2, -0.15) is 0 Å². The zero-order valence-corrected chi connectivity index (χ0v) is 13.3. The van der Waals surface area contributed by atoms with Crippen LogP contribution in [0.4, 0.5) is 0 Å². The van der Waals surface area contributed by atoms with Gasteiger partial charge in [-0.3, -0.25) is 4.79 Å². The summed E-state index contributed by atoms with van der Waals surface area (Å²) >= 11 is 13.3. The Morgan fingerprint density at radius 3 is 2.85 bits per heavy atom. The molecule has 0 saturated carbocycles. The maximum absolute atomic E-state index is 11.8. The number of halogens is 2. The maximum Gasteiger partial charge on any atom is 0.220 e. The Morgan fingerprint density at radius 1 is 1.45 bits per heavy atom. The number of amides is 1. The van der Waals surface area contributed by atoms with Gasteiger partial charge in [-0.05, 0) is 30.9 Å². The molecule has 0 unspecified atom stereocenters. The van der Waals surface area contributed by atoms with E-state index in [1.165, 1.54) is 11.3 Å². The summed E-state index contributed by atoms with van der Waals surface area (Å²) in [7, 11) is 0. The van der Waals surface area contributed by atoms with Gasteiger partial charge in [0.1, 0.15) is 0 Å². The molecule has 0 bridgehead atoms. The number of carbonyl (C=O) groups is 1. The SMILES string of the molecule is O=C(CCCc1cc(Cl)sc1Cl)N[C@@H]1C=C[C@H](CO)C1. The minimum Gasteiger partial charge on any atom is -0.396 e. The van der Waals surface area contributed by atoms with Crippen molar-refractivity contribution in [2.45, 2.75) is 31.7 Å². The van der Waals surface area contributed by atoms with Crippen molar-refractivity contribution in [2.75, 3.05) is 6.61 Å². The summed E-state index contributed by atoms with van der Waals surface area (Å²) in [6, 6.07) is 1.91. The molecule has 1 aliphatic carbocycles. The fourth-order valence-electron chi connectivity index (χ4n) is 2.28. The van der Waals surface area contributed by atoms with Crippen molar-refractivity contribution in [3.05, 3.63) is 32.5 Å². The minimum atomic E-state index is 0.0377. The topological polar surface area (TPSA) is 49.3 Å². The van der Waals surface area contributed by atoms with Crippen molar-refractivity contribution in [2.24, 2.45) is 5.92 Å². The number of aryl methyl sites for hydroxylation is 1. The zero-order valence-electron chi connectivity index (χ0n) is 10.9. The Hall–Kier alpha value is -0.550. The number of rotatable bonds is 6. The molecule has 0 radical (unpaired) electrons. The summed E-state index contributed by atoms with van der Waals surface area (Å²) in [5.74, 6) is 0.211. The average Bonchev–Trinajstić information content (AvgIpc) is 2.96. The number of hydrogen-bond donors (Lipinski definition) is 2. The molecule has 0 saturated heterocycles. The molecule has 2 N–H and O–H groups in total. The van der Waals surface area contributed by atoms with Crippen molar-refractivity contribution >= 4 is 40.4 Å². The summed E-state index contributed by atoms with van der Waals surface area (Å²) in [5.41, 5.74) is 1.01. The second kappa shape index (κ2) is 7.46. The van der Waals surface area contributed by atoms with Crippen LogP contribution >= 0.6 is 34.5 Å². The fraction of sp³-hybridized carbons (Fsp3) is 0.500. The second-order valence-electron chi connectivity index (χ2n) is 4.94. The summed E-state index contributed by atoms with van der Waals surface area (Å²) in [5, 5.41) is 12.0. The van der Waals surface area contributed by atoms with Gasteiger partial charge < -0.3 is 10.4 Å². The molecule has 2 rings (SSSR count). The minimum absolute atomic E-state index is 0.0377. The Labute approximate surface area is 132 Å². The highest BCUT2D eigenvalue weighted by Gasteiger charge is 2.19. The van der Waals surface area contributed by atoms with Crippen LogP contribution in [0.3, 0.4) is 0 Å². The molecule has 0 aromatic carbocycles. The van der Waals surface area contributed by atoms with E-state index in [9.17, 15) is 4.79 Å². The molecule has 6 heteroatoms. The molecule has 1 aliphatic rings. The Balaban J connectivity index is 1.68. The van der Waals surface area contributed by atoms with E-state index in [1.54, 1.807) is 0 Å². The van der Waals surface area contributed by atoms with E-state index >= 15 is 0 Å². The van der Waals surface area contributed by atoms with Crippen molar-refractivity contribution in [1.82, 2.24) is 5.32 Å². The Bertz CT molecular complexity index is 501. The van der Waals surface area contributed by atoms with Crippen LogP contribution in [0, 0.1) is 5.92 Å². The van der Waals surface area contributed by atoms with Crippen LogP contribution in [0.25, 0.3) is 0 Å². The molecule has 0 fully saturated rings. The molecule has 20 heavy (non-hydrogen) atoms. The summed E-state index contributed by atoms with van der Waals surface area (Å²) < 4.78 is 1.39. The van der Waals surface area contributed by atoms with Crippen LogP contribution < -0.4 is 5.32 Å². The van der Waals surface area contributed by atoms with Crippen molar-refractivity contribution in [1.29, 1.82) is 0 Å². The summed E-state index contributed by atoms with van der Waals surface area (Å²) in [6.45, 7) is 0.139. The molecule has 3 nitrogen and oxygen atoms in total. The first kappa shape index (κ1) is 15.8. The van der Waals surface area contributed by atoms with Crippen molar-refractivity contribution < 1.29 is 9.90 Å². The quantitative estimate of drug-likeness (QED) is 0.783. The van der Waals surface area contributed by atoms with E-state index in [0.29, 0.717) is 15.1 Å². The van der Waals surface area contributed by atoms with Crippen LogP contribution in [-0.2, 0) is 11.2 Å². The van der Waals surface area contributed by atoms with E-state index in [-0.39, 0.29) is 24.5 Å². The molecule has 110 valence electrons. The molecule has 1 amide bonds. The summed E-state index contributed by atoms with van der Waals surface area (Å²) in [4.78, 5) is 11.8. The second-order valence-corrected chi connectivity index (χ2v) is 7.23. The van der Waals surface area contributed by atoms with Gasteiger partial charge in [-0.15, -0.1) is 11.3 Å². The number of aliphatic hydroxyl groups excluding tert-OH is 1. The first-order valence-corrected chi connectivity index (χ1v) is 8.18. The number of hydrogen-bond acceptors (Lipinski definition) is 3. The number of nitrogens with one attached hydrogen (secondary N) is 1. The van der Waals surface area contributed by atoms with Crippen LogP contribution in [-0.4, -0.2) is 23.7 Å². The molecule has 2 atom stereocenters. The van der Waals surface area contributed by atoms with Crippen molar-refractivity contribution in [3.63, 3.8) is 0 Å². The van der Waals surface area contributed by atoms with Gasteiger partial charge in [0.15, 0.2) is 0 Å². The third kappa shape index (κ3) is 4.48. The van der Waals surface area contributed by atoms with Crippen LogP contribution in [0.2, 0.25) is 8.67 Å². The van der Waals surface area contributed by atoms with Crippen molar-refractivity contribution in [3.8, 4) is 0 Å². The van der Waals surface area contributed by atoms with E-state index < -0.39 is 0 Å². The summed E-state index contributed by atoms with van der Waals surface area (Å²) in [6.07, 6.45) is 6.67. The lowest BCUT2D eigenvalue weighted by molar-refractivity contribution is -0.121. The normalized spacial score (nSPS) is 21.4. The largest absolute Gasteiger partial charge is 0.396 e. The highest BCUT2D eigenvalue weighted by molar-refractivity contribution is 7.20. The molecule has 0 spiro atoms. The van der Waals surface area contributed by atoms with Crippen LogP contribution in [0.15, 0.2) is 18.2 Å². The van der Waals surface area contributed by atoms with Gasteiger partial charge in [-0.1, -0.05) is 35.4 Å². The molecule has 1 heterocycles. The van der Waals surface area contributed by atoms with Crippen LogP contribution in [0.1, 0.15) is 24.8 Å². The monoisotopic (exact) mass is 333 g/mol. The highest BCUT2D eigenvalue weighted by Crippen LogP contribution is 2.32. The van der Waals surface area contributed by atoms with E-state index in [0.717, 1.165) is 24.8 Å². The number of carbonyl (C=O) groups excluding carboxylic acids is 1. The smallest absolute Gasteiger partial charge is 0.220 e. The van der Waals surface area contributed by atoms with Gasteiger partial charge >= 0.3 is 0 Å². The van der Waals surface area contributed by atoms with E-state index in [1.807, 2.05) is 18.2 Å². The molecular weight excluding hydrogens is 317 g/mol. The fourth-order valence-corrected chi connectivity index (χ4v) is 3.82. The van der Waals surface area contributed by atoms with Gasteiger partial charge in [-0.25, -0.2) is 0 Å². The maximum atomic E-state index is 11.8.